The van der Waals surface area contributed by atoms with Gasteiger partial charge in [0.25, 0.3) is 0 Å². The second kappa shape index (κ2) is 5.62. The Morgan fingerprint density at radius 3 is 2.71 bits per heavy atom. The monoisotopic (exact) mass is 309 g/mol. The quantitative estimate of drug-likeness (QED) is 0.852. The van der Waals surface area contributed by atoms with Crippen molar-refractivity contribution in [1.82, 2.24) is 14.2 Å². The predicted molar refractivity (Wildman–Crippen MR) is 77.4 cm³/mol. The van der Waals surface area contributed by atoms with Crippen molar-refractivity contribution in [1.29, 1.82) is 0 Å². The zero-order valence-electron chi connectivity index (χ0n) is 11.8. The number of carbonyl (C=O) groups is 2. The van der Waals surface area contributed by atoms with Gasteiger partial charge in [0.2, 0.25) is 5.91 Å². The number of carboxylic acids is 1. The number of anilines is 1. The van der Waals surface area contributed by atoms with Crippen molar-refractivity contribution in [3.63, 3.8) is 0 Å². The first-order valence-corrected chi connectivity index (χ1v) is 6.81. The zero-order chi connectivity index (χ0) is 15.7. The van der Waals surface area contributed by atoms with Crippen molar-refractivity contribution in [2.24, 2.45) is 12.8 Å². The highest BCUT2D eigenvalue weighted by Crippen LogP contribution is 2.29. The standard InChI is InChI=1S/C12H15N5O3S/c1-6-8(12(19)20)11(21-15-6)17(3)10(18)9(13)7-4-14-16(2)5-7/h4-5,9H,13H2,1-3H3,(H,19,20). The summed E-state index contributed by atoms with van der Waals surface area (Å²) < 4.78 is 5.53. The first kappa shape index (κ1) is 15.1. The van der Waals surface area contributed by atoms with Crippen LogP contribution in [0.25, 0.3) is 0 Å². The fourth-order valence-electron chi connectivity index (χ4n) is 1.88. The smallest absolute Gasteiger partial charge is 0.340 e. The molecule has 9 heteroatoms. The summed E-state index contributed by atoms with van der Waals surface area (Å²) in [5.41, 5.74) is 6.87. The normalized spacial score (nSPS) is 12.2. The molecule has 0 aromatic carbocycles. The number of aromatic nitrogens is 3. The average molecular weight is 309 g/mol. The molecule has 0 aliphatic carbocycles. The van der Waals surface area contributed by atoms with E-state index >= 15 is 0 Å². The van der Waals surface area contributed by atoms with Gasteiger partial charge in [0, 0.05) is 25.9 Å². The lowest BCUT2D eigenvalue weighted by molar-refractivity contribution is -0.119. The maximum atomic E-state index is 12.4. The van der Waals surface area contributed by atoms with E-state index in [2.05, 4.69) is 9.47 Å². The van der Waals surface area contributed by atoms with Crippen LogP contribution in [-0.2, 0) is 11.8 Å². The van der Waals surface area contributed by atoms with Crippen LogP contribution in [0.1, 0.15) is 27.7 Å². The van der Waals surface area contributed by atoms with Crippen molar-refractivity contribution >= 4 is 28.4 Å². The highest BCUT2D eigenvalue weighted by Gasteiger charge is 2.28. The molecular weight excluding hydrogens is 294 g/mol. The Hall–Kier alpha value is -2.26. The van der Waals surface area contributed by atoms with Gasteiger partial charge >= 0.3 is 5.97 Å². The molecule has 1 amide bonds. The van der Waals surface area contributed by atoms with E-state index in [1.807, 2.05) is 0 Å². The Kier molecular flexibility index (Phi) is 4.05. The van der Waals surface area contributed by atoms with Gasteiger partial charge in [-0.3, -0.25) is 9.48 Å². The van der Waals surface area contributed by atoms with E-state index in [9.17, 15) is 14.7 Å². The largest absolute Gasteiger partial charge is 0.478 e. The van der Waals surface area contributed by atoms with Crippen LogP contribution >= 0.6 is 11.5 Å². The van der Waals surface area contributed by atoms with Crippen LogP contribution < -0.4 is 10.6 Å². The summed E-state index contributed by atoms with van der Waals surface area (Å²) in [7, 11) is 3.21. The van der Waals surface area contributed by atoms with E-state index in [0.717, 1.165) is 11.5 Å². The van der Waals surface area contributed by atoms with Crippen LogP contribution in [0, 0.1) is 6.92 Å². The first-order chi connectivity index (χ1) is 9.82. The molecule has 0 fully saturated rings. The molecule has 2 aromatic rings. The lowest BCUT2D eigenvalue weighted by atomic mass is 10.1. The molecule has 0 saturated heterocycles. The van der Waals surface area contributed by atoms with Gasteiger partial charge in [0.15, 0.2) is 0 Å². The van der Waals surface area contributed by atoms with Crippen LogP contribution in [0.2, 0.25) is 0 Å². The number of aryl methyl sites for hydroxylation is 2. The summed E-state index contributed by atoms with van der Waals surface area (Å²) >= 11 is 0.957. The number of nitrogens with two attached hydrogens (primary N) is 1. The van der Waals surface area contributed by atoms with E-state index in [0.29, 0.717) is 11.3 Å². The van der Waals surface area contributed by atoms with E-state index in [1.54, 1.807) is 24.9 Å². The fraction of sp³-hybridized carbons (Fsp3) is 0.333. The molecule has 112 valence electrons. The molecule has 2 aromatic heterocycles. The number of hydrogen-bond acceptors (Lipinski definition) is 6. The van der Waals surface area contributed by atoms with E-state index in [-0.39, 0.29) is 10.6 Å². The molecule has 3 N–H and O–H groups in total. The summed E-state index contributed by atoms with van der Waals surface area (Å²) in [6.07, 6.45) is 3.15. The second-order valence-electron chi connectivity index (χ2n) is 4.58. The molecule has 1 unspecified atom stereocenters. The van der Waals surface area contributed by atoms with Crippen LogP contribution in [-0.4, -0.2) is 38.2 Å². The summed E-state index contributed by atoms with van der Waals surface area (Å²) in [5, 5.41) is 13.4. The molecule has 2 rings (SSSR count). The molecule has 8 nitrogen and oxygen atoms in total. The number of carbonyl (C=O) groups excluding carboxylic acids is 1. The van der Waals surface area contributed by atoms with Gasteiger partial charge in [-0.25, -0.2) is 4.79 Å². The third kappa shape index (κ3) is 2.78. The van der Waals surface area contributed by atoms with Gasteiger partial charge in [-0.15, -0.1) is 0 Å². The van der Waals surface area contributed by atoms with Gasteiger partial charge in [0.05, 0.1) is 11.9 Å². The lowest BCUT2D eigenvalue weighted by Crippen LogP contribution is -2.36. The number of aromatic carboxylic acids is 1. The van der Waals surface area contributed by atoms with E-state index < -0.39 is 17.9 Å². The topological polar surface area (TPSA) is 114 Å². The Morgan fingerprint density at radius 1 is 1.52 bits per heavy atom. The number of likely N-dealkylation sites (N-methyl/N-ethyl adjacent to an activating group) is 1. The summed E-state index contributed by atoms with van der Waals surface area (Å²) in [5.74, 6) is -1.54. The van der Waals surface area contributed by atoms with Gasteiger partial charge in [-0.05, 0) is 18.5 Å². The Labute approximate surface area is 125 Å². The third-order valence-electron chi connectivity index (χ3n) is 3.04. The van der Waals surface area contributed by atoms with Crippen molar-refractivity contribution in [3.05, 3.63) is 29.2 Å². The molecular formula is C12H15N5O3S. The number of hydrogen-bond donors (Lipinski definition) is 2. The minimum absolute atomic E-state index is 0.0224. The van der Waals surface area contributed by atoms with Crippen LogP contribution in [0.5, 0.6) is 0 Å². The second-order valence-corrected chi connectivity index (χ2v) is 5.33. The van der Waals surface area contributed by atoms with Crippen molar-refractivity contribution < 1.29 is 14.7 Å². The van der Waals surface area contributed by atoms with Crippen molar-refractivity contribution in [2.45, 2.75) is 13.0 Å². The highest BCUT2D eigenvalue weighted by molar-refractivity contribution is 7.11. The van der Waals surface area contributed by atoms with Crippen molar-refractivity contribution in [3.8, 4) is 0 Å². The Balaban J connectivity index is 2.29. The first-order valence-electron chi connectivity index (χ1n) is 6.04. The van der Waals surface area contributed by atoms with E-state index in [1.165, 1.54) is 18.1 Å². The highest BCUT2D eigenvalue weighted by atomic mass is 32.1. The summed E-state index contributed by atoms with van der Waals surface area (Å²) in [6, 6.07) is -0.909. The molecule has 0 aliphatic heterocycles. The minimum Gasteiger partial charge on any atom is -0.478 e. The molecule has 0 bridgehead atoms. The molecule has 0 spiro atoms. The van der Waals surface area contributed by atoms with Gasteiger partial charge in [-0.1, -0.05) is 0 Å². The average Bonchev–Trinajstić information content (AvgIpc) is 3.02. The molecule has 0 saturated carbocycles. The van der Waals surface area contributed by atoms with Gasteiger partial charge < -0.3 is 15.7 Å². The van der Waals surface area contributed by atoms with Crippen LogP contribution in [0.15, 0.2) is 12.4 Å². The van der Waals surface area contributed by atoms with Gasteiger partial charge in [0.1, 0.15) is 16.6 Å². The van der Waals surface area contributed by atoms with E-state index in [4.69, 9.17) is 5.73 Å². The number of carboxylic acid groups (broad SMARTS) is 1. The third-order valence-corrected chi connectivity index (χ3v) is 4.06. The Bertz CT molecular complexity index is 693. The zero-order valence-corrected chi connectivity index (χ0v) is 12.6. The minimum atomic E-state index is -1.12. The predicted octanol–water partition coefficient (Wildman–Crippen LogP) is 0.546. The van der Waals surface area contributed by atoms with Crippen LogP contribution in [0.3, 0.4) is 0 Å². The summed E-state index contributed by atoms with van der Waals surface area (Å²) in [6.45, 7) is 1.59. The van der Waals surface area contributed by atoms with Crippen molar-refractivity contribution in [2.75, 3.05) is 11.9 Å². The SMILES string of the molecule is Cc1nsc(N(C)C(=O)C(N)c2cnn(C)c2)c1C(=O)O. The number of rotatable bonds is 4. The lowest BCUT2D eigenvalue weighted by Gasteiger charge is -2.19. The maximum absolute atomic E-state index is 12.4. The van der Waals surface area contributed by atoms with Crippen LogP contribution in [0.4, 0.5) is 5.00 Å². The number of amides is 1. The number of nitrogens with zero attached hydrogens (tertiary/aromatic N) is 4. The fourth-order valence-corrected chi connectivity index (χ4v) is 2.74. The molecule has 0 radical (unpaired) electrons. The summed E-state index contributed by atoms with van der Waals surface area (Å²) in [4.78, 5) is 24.9. The molecule has 1 atom stereocenters. The Morgan fingerprint density at radius 2 is 2.19 bits per heavy atom. The molecule has 2 heterocycles. The molecule has 0 aliphatic rings. The van der Waals surface area contributed by atoms with Gasteiger partial charge in [-0.2, -0.15) is 9.47 Å². The maximum Gasteiger partial charge on any atom is 0.340 e. The molecule has 21 heavy (non-hydrogen) atoms.